The van der Waals surface area contributed by atoms with E-state index in [1.807, 2.05) is 42.6 Å². The van der Waals surface area contributed by atoms with E-state index >= 15 is 4.39 Å². The van der Waals surface area contributed by atoms with E-state index in [2.05, 4.69) is 18.0 Å². The van der Waals surface area contributed by atoms with Gasteiger partial charge in [0.15, 0.2) is 0 Å². The number of hydrogen-bond acceptors (Lipinski definition) is 1. The monoisotopic (exact) mass is 401 g/mol. The summed E-state index contributed by atoms with van der Waals surface area (Å²) >= 11 is 0. The van der Waals surface area contributed by atoms with Crippen molar-refractivity contribution in [2.24, 2.45) is 0 Å². The highest BCUT2D eigenvalue weighted by Gasteiger charge is 2.10. The highest BCUT2D eigenvalue weighted by molar-refractivity contribution is 5.88. The van der Waals surface area contributed by atoms with Crippen molar-refractivity contribution in [3.63, 3.8) is 0 Å². The molecule has 1 aromatic heterocycles. The van der Waals surface area contributed by atoms with E-state index in [4.69, 9.17) is 0 Å². The average molecular weight is 402 g/mol. The second-order valence-electron chi connectivity index (χ2n) is 7.76. The van der Waals surface area contributed by atoms with Crippen LogP contribution in [0.25, 0.3) is 22.0 Å². The van der Waals surface area contributed by atoms with E-state index in [-0.39, 0.29) is 11.6 Å². The van der Waals surface area contributed by atoms with Crippen LogP contribution in [0.2, 0.25) is 0 Å². The Labute approximate surface area is 176 Å². The first-order valence-corrected chi connectivity index (χ1v) is 10.5. The molecular weight excluding hydrogens is 376 g/mol. The zero-order chi connectivity index (χ0) is 20.9. The molecule has 4 aromatic rings. The lowest BCUT2D eigenvalue weighted by atomic mass is 9.98. The van der Waals surface area contributed by atoms with Crippen molar-refractivity contribution in [2.45, 2.75) is 39.0 Å². The second-order valence-corrected chi connectivity index (χ2v) is 7.76. The Morgan fingerprint density at radius 2 is 1.57 bits per heavy atom. The van der Waals surface area contributed by atoms with Crippen LogP contribution in [0, 0.1) is 11.6 Å². The molecule has 152 valence electrons. The predicted molar refractivity (Wildman–Crippen MR) is 120 cm³/mol. The molecule has 0 spiro atoms. The van der Waals surface area contributed by atoms with Crippen LogP contribution in [0.3, 0.4) is 0 Å². The smallest absolute Gasteiger partial charge is 0.134 e. The van der Waals surface area contributed by atoms with Gasteiger partial charge in [-0.25, -0.2) is 8.78 Å². The fourth-order valence-electron chi connectivity index (χ4n) is 3.74. The number of benzene rings is 3. The molecule has 0 N–H and O–H groups in total. The van der Waals surface area contributed by atoms with E-state index < -0.39 is 0 Å². The summed E-state index contributed by atoms with van der Waals surface area (Å²) in [4.78, 5) is 4.60. The molecular formula is C27H25F2N. The zero-order valence-electron chi connectivity index (χ0n) is 17.2. The largest absolute Gasteiger partial charge is 0.256 e. The molecule has 0 saturated carbocycles. The highest BCUT2D eigenvalue weighted by atomic mass is 19.1. The third kappa shape index (κ3) is 4.56. The summed E-state index contributed by atoms with van der Waals surface area (Å²) in [5, 5.41) is 1.49. The highest BCUT2D eigenvalue weighted by Crippen LogP contribution is 2.27. The Balaban J connectivity index is 1.54. The summed E-state index contributed by atoms with van der Waals surface area (Å²) in [6.07, 6.45) is 6.58. The van der Waals surface area contributed by atoms with Gasteiger partial charge in [-0.05, 0) is 72.0 Å². The molecule has 30 heavy (non-hydrogen) atoms. The minimum absolute atomic E-state index is 0.177. The first kappa shape index (κ1) is 20.2. The van der Waals surface area contributed by atoms with Crippen molar-refractivity contribution >= 4 is 10.8 Å². The molecule has 0 bridgehead atoms. The maximum atomic E-state index is 15.1. The molecule has 0 fully saturated rings. The fourth-order valence-corrected chi connectivity index (χ4v) is 3.74. The van der Waals surface area contributed by atoms with Gasteiger partial charge in [0.05, 0.1) is 5.69 Å². The van der Waals surface area contributed by atoms with Gasteiger partial charge >= 0.3 is 0 Å². The van der Waals surface area contributed by atoms with E-state index in [9.17, 15) is 4.39 Å². The average Bonchev–Trinajstić information content (AvgIpc) is 2.78. The molecule has 0 aliphatic rings. The van der Waals surface area contributed by atoms with E-state index in [0.717, 1.165) is 28.6 Å². The van der Waals surface area contributed by atoms with Gasteiger partial charge < -0.3 is 0 Å². The number of nitrogens with zero attached hydrogens (tertiary/aromatic N) is 1. The molecule has 1 heterocycles. The van der Waals surface area contributed by atoms with Gasteiger partial charge in [0.25, 0.3) is 0 Å². The van der Waals surface area contributed by atoms with Crippen LogP contribution in [-0.2, 0) is 19.3 Å². The van der Waals surface area contributed by atoms with Crippen LogP contribution < -0.4 is 0 Å². The Morgan fingerprint density at radius 1 is 0.767 bits per heavy atom. The van der Waals surface area contributed by atoms with Crippen LogP contribution in [0.1, 0.15) is 36.5 Å². The van der Waals surface area contributed by atoms with Gasteiger partial charge in [0.2, 0.25) is 0 Å². The third-order valence-electron chi connectivity index (χ3n) is 5.57. The maximum Gasteiger partial charge on any atom is 0.134 e. The fraction of sp³-hybridized carbons (Fsp3) is 0.222. The summed E-state index contributed by atoms with van der Waals surface area (Å²) < 4.78 is 28.1. The molecule has 4 rings (SSSR count). The molecule has 0 aliphatic heterocycles. The lowest BCUT2D eigenvalue weighted by Gasteiger charge is -2.09. The van der Waals surface area contributed by atoms with Crippen molar-refractivity contribution in [3.8, 4) is 11.3 Å². The Hall–Kier alpha value is -3.07. The van der Waals surface area contributed by atoms with Crippen LogP contribution in [0.4, 0.5) is 8.78 Å². The molecule has 0 aliphatic carbocycles. The quantitative estimate of drug-likeness (QED) is 0.316. The summed E-state index contributed by atoms with van der Waals surface area (Å²) in [6, 6.07) is 20.1. The second kappa shape index (κ2) is 9.17. The number of fused-ring (bicyclic) bond motifs is 1. The van der Waals surface area contributed by atoms with Gasteiger partial charge in [-0.2, -0.15) is 0 Å². The molecule has 0 amide bonds. The SMILES string of the molecule is CCCCc1ccc(-c2ccc3c(F)c(CCc4ccc(F)cc4)ccc3c2)nc1. The number of halogens is 2. The van der Waals surface area contributed by atoms with E-state index in [1.165, 1.54) is 30.5 Å². The van der Waals surface area contributed by atoms with Crippen molar-refractivity contribution in [3.05, 3.63) is 101 Å². The molecule has 0 saturated heterocycles. The molecule has 0 atom stereocenters. The Bertz CT molecular complexity index is 1130. The number of pyridine rings is 1. The van der Waals surface area contributed by atoms with Crippen molar-refractivity contribution < 1.29 is 8.78 Å². The van der Waals surface area contributed by atoms with Gasteiger partial charge in [-0.3, -0.25) is 4.98 Å². The topological polar surface area (TPSA) is 12.9 Å². The minimum Gasteiger partial charge on any atom is -0.256 e. The number of unbranched alkanes of at least 4 members (excludes halogenated alkanes) is 1. The standard InChI is InChI=1S/C27H25F2N/c1-2-3-4-20-8-16-26(30-18-20)23-12-15-25-22(17-23)11-10-21(27(25)29)9-5-19-6-13-24(28)14-7-19/h6-8,10-18H,2-5,9H2,1H3. The van der Waals surface area contributed by atoms with Gasteiger partial charge in [0, 0.05) is 17.1 Å². The van der Waals surface area contributed by atoms with E-state index in [1.54, 1.807) is 12.1 Å². The first-order valence-electron chi connectivity index (χ1n) is 10.5. The molecule has 1 nitrogen and oxygen atoms in total. The normalized spacial score (nSPS) is 11.2. The van der Waals surface area contributed by atoms with Crippen molar-refractivity contribution in [2.75, 3.05) is 0 Å². The predicted octanol–water partition coefficient (Wildman–Crippen LogP) is 7.31. The Morgan fingerprint density at radius 3 is 2.30 bits per heavy atom. The molecule has 3 aromatic carbocycles. The van der Waals surface area contributed by atoms with Crippen molar-refractivity contribution in [1.82, 2.24) is 4.98 Å². The van der Waals surface area contributed by atoms with Gasteiger partial charge in [0.1, 0.15) is 11.6 Å². The van der Waals surface area contributed by atoms with Gasteiger partial charge in [-0.15, -0.1) is 0 Å². The van der Waals surface area contributed by atoms with Crippen LogP contribution in [0.15, 0.2) is 72.9 Å². The number of rotatable bonds is 7. The summed E-state index contributed by atoms with van der Waals surface area (Å²) in [5.41, 5.74) is 4.82. The lowest BCUT2D eigenvalue weighted by molar-refractivity contribution is 0.619. The molecule has 0 radical (unpaired) electrons. The van der Waals surface area contributed by atoms with Crippen molar-refractivity contribution in [1.29, 1.82) is 0 Å². The maximum absolute atomic E-state index is 15.1. The van der Waals surface area contributed by atoms with Crippen LogP contribution in [0.5, 0.6) is 0 Å². The van der Waals surface area contributed by atoms with Crippen LogP contribution in [-0.4, -0.2) is 4.98 Å². The molecule has 0 unspecified atom stereocenters. The Kier molecular flexibility index (Phi) is 6.18. The first-order chi connectivity index (χ1) is 14.6. The zero-order valence-corrected chi connectivity index (χ0v) is 17.2. The number of hydrogen-bond donors (Lipinski definition) is 0. The lowest BCUT2D eigenvalue weighted by Crippen LogP contribution is -1.96. The van der Waals surface area contributed by atoms with Gasteiger partial charge in [-0.1, -0.05) is 55.8 Å². The summed E-state index contributed by atoms with van der Waals surface area (Å²) in [7, 11) is 0. The molecule has 3 heteroatoms. The summed E-state index contributed by atoms with van der Waals surface area (Å²) in [6.45, 7) is 2.18. The van der Waals surface area contributed by atoms with E-state index in [0.29, 0.717) is 23.8 Å². The number of aromatic nitrogens is 1. The minimum atomic E-state index is -0.253. The third-order valence-corrected chi connectivity index (χ3v) is 5.57. The summed E-state index contributed by atoms with van der Waals surface area (Å²) in [5.74, 6) is -0.430. The number of aryl methyl sites for hydroxylation is 3. The van der Waals surface area contributed by atoms with Crippen LogP contribution >= 0.6 is 0 Å².